The molecule has 3 nitrogen and oxygen atoms in total. The number of rotatable bonds is 3. The number of hydrogen-bond donors (Lipinski definition) is 2. The Kier molecular flexibility index (Phi) is 12.1. The number of nitrogens with two attached hydrogens (primary N) is 1. The number of aliphatic hydroxyl groups excluding tert-OH is 1. The Morgan fingerprint density at radius 2 is 1.82 bits per heavy atom. The molecule has 0 aliphatic rings. The second-order valence-electron chi connectivity index (χ2n) is 2.74. The molecule has 3 heteroatoms. The van der Waals surface area contributed by atoms with Crippen LogP contribution in [0.2, 0.25) is 0 Å². The van der Waals surface area contributed by atoms with Crippen LogP contribution in [0.15, 0.2) is 0 Å². The fourth-order valence-electron chi connectivity index (χ4n) is 0.204. The van der Waals surface area contributed by atoms with Crippen LogP contribution in [0.4, 0.5) is 0 Å². The topological polar surface area (TPSA) is 49.5 Å². The van der Waals surface area contributed by atoms with Crippen molar-refractivity contribution >= 4 is 0 Å². The summed E-state index contributed by atoms with van der Waals surface area (Å²) in [6.07, 6.45) is 2.07. The van der Waals surface area contributed by atoms with Crippen LogP contribution >= 0.6 is 0 Å². The van der Waals surface area contributed by atoms with E-state index in [-0.39, 0.29) is 6.23 Å². The summed E-state index contributed by atoms with van der Waals surface area (Å²) in [5, 5.41) is 8.56. The van der Waals surface area contributed by atoms with Crippen LogP contribution in [0.25, 0.3) is 0 Å². The van der Waals surface area contributed by atoms with E-state index in [1.165, 1.54) is 12.8 Å². The SMILES string of the molecule is CC(O)N(C)C.CCCCN. The standard InChI is InChI=1S/C4H11NO.C4H11N/c1-4(6)5(2)3;1-2-3-4-5/h4,6H,1-3H3;2-5H2,1H3. The lowest BCUT2D eigenvalue weighted by Gasteiger charge is -2.11. The van der Waals surface area contributed by atoms with Gasteiger partial charge >= 0.3 is 0 Å². The molecule has 1 atom stereocenters. The van der Waals surface area contributed by atoms with Gasteiger partial charge in [-0.15, -0.1) is 0 Å². The molecule has 0 aromatic carbocycles. The molecule has 0 radical (unpaired) electrons. The van der Waals surface area contributed by atoms with Crippen molar-refractivity contribution in [3.8, 4) is 0 Å². The third-order valence-corrected chi connectivity index (χ3v) is 1.31. The summed E-state index contributed by atoms with van der Waals surface area (Å²) in [4.78, 5) is 1.72. The van der Waals surface area contributed by atoms with Crippen molar-refractivity contribution in [2.24, 2.45) is 5.73 Å². The predicted molar refractivity (Wildman–Crippen MR) is 49.3 cm³/mol. The zero-order chi connectivity index (χ0) is 9.28. The highest BCUT2D eigenvalue weighted by Crippen LogP contribution is 1.79. The minimum atomic E-state index is -0.315. The maximum Gasteiger partial charge on any atom is 0.104 e. The Morgan fingerprint density at radius 3 is 1.82 bits per heavy atom. The van der Waals surface area contributed by atoms with Gasteiger partial charge in [0.1, 0.15) is 6.23 Å². The highest BCUT2D eigenvalue weighted by atomic mass is 16.3. The zero-order valence-corrected chi connectivity index (χ0v) is 8.17. The summed E-state index contributed by atoms with van der Waals surface area (Å²) in [7, 11) is 3.65. The average Bonchev–Trinajstić information content (AvgIpc) is 1.90. The minimum Gasteiger partial charge on any atom is -0.379 e. The largest absolute Gasteiger partial charge is 0.379 e. The van der Waals surface area contributed by atoms with E-state index in [2.05, 4.69) is 6.92 Å². The van der Waals surface area contributed by atoms with Crippen molar-refractivity contribution in [1.29, 1.82) is 0 Å². The Bertz CT molecular complexity index is 57.1. The molecule has 0 fully saturated rings. The Morgan fingerprint density at radius 1 is 1.45 bits per heavy atom. The molecule has 0 spiro atoms. The third-order valence-electron chi connectivity index (χ3n) is 1.31. The smallest absolute Gasteiger partial charge is 0.104 e. The van der Waals surface area contributed by atoms with E-state index in [9.17, 15) is 0 Å². The number of hydrogen-bond acceptors (Lipinski definition) is 3. The fraction of sp³-hybridized carbons (Fsp3) is 1.00. The van der Waals surface area contributed by atoms with E-state index in [4.69, 9.17) is 10.8 Å². The number of unbranched alkanes of at least 4 members (excludes halogenated alkanes) is 1. The Balaban J connectivity index is 0. The van der Waals surface area contributed by atoms with Crippen molar-refractivity contribution in [3.63, 3.8) is 0 Å². The molecule has 0 rings (SSSR count). The number of nitrogens with zero attached hydrogens (tertiary/aromatic N) is 1. The molecular formula is C8H22N2O. The highest BCUT2D eigenvalue weighted by Gasteiger charge is 1.92. The molecular weight excluding hydrogens is 140 g/mol. The molecule has 0 bridgehead atoms. The third kappa shape index (κ3) is 17.7. The van der Waals surface area contributed by atoms with Gasteiger partial charge in [-0.05, 0) is 34.0 Å². The van der Waals surface area contributed by atoms with Crippen molar-refractivity contribution in [2.75, 3.05) is 20.6 Å². The molecule has 1 unspecified atom stereocenters. The molecule has 0 saturated carbocycles. The van der Waals surface area contributed by atoms with Crippen LogP contribution < -0.4 is 5.73 Å². The van der Waals surface area contributed by atoms with E-state index in [0.717, 1.165) is 6.54 Å². The number of aliphatic hydroxyl groups is 1. The van der Waals surface area contributed by atoms with E-state index >= 15 is 0 Å². The van der Waals surface area contributed by atoms with Crippen LogP contribution in [-0.2, 0) is 0 Å². The van der Waals surface area contributed by atoms with E-state index in [1.807, 2.05) is 14.1 Å². The van der Waals surface area contributed by atoms with Crippen molar-refractivity contribution in [2.45, 2.75) is 32.9 Å². The molecule has 0 aliphatic carbocycles. The molecule has 70 valence electrons. The summed E-state index contributed by atoms with van der Waals surface area (Å²) in [5.41, 5.74) is 5.14. The fourth-order valence-corrected chi connectivity index (χ4v) is 0.204. The van der Waals surface area contributed by atoms with Gasteiger partial charge in [-0.2, -0.15) is 0 Å². The second-order valence-corrected chi connectivity index (χ2v) is 2.74. The van der Waals surface area contributed by atoms with Gasteiger partial charge in [0.15, 0.2) is 0 Å². The quantitative estimate of drug-likeness (QED) is 0.598. The summed E-state index contributed by atoms with van der Waals surface area (Å²) in [6.45, 7) is 4.70. The maximum atomic E-state index is 8.56. The summed E-state index contributed by atoms with van der Waals surface area (Å²) < 4.78 is 0. The van der Waals surface area contributed by atoms with Crippen LogP contribution in [-0.4, -0.2) is 36.9 Å². The van der Waals surface area contributed by atoms with Gasteiger partial charge < -0.3 is 10.8 Å². The monoisotopic (exact) mass is 162 g/mol. The minimum absolute atomic E-state index is 0.315. The summed E-state index contributed by atoms with van der Waals surface area (Å²) >= 11 is 0. The van der Waals surface area contributed by atoms with Crippen LogP contribution in [0.5, 0.6) is 0 Å². The van der Waals surface area contributed by atoms with Gasteiger partial charge in [0.25, 0.3) is 0 Å². The zero-order valence-electron chi connectivity index (χ0n) is 8.17. The molecule has 0 aliphatic heterocycles. The molecule has 3 N–H and O–H groups in total. The lowest BCUT2D eigenvalue weighted by molar-refractivity contribution is 0.0578. The van der Waals surface area contributed by atoms with Gasteiger partial charge in [0.05, 0.1) is 0 Å². The van der Waals surface area contributed by atoms with Gasteiger partial charge in [0.2, 0.25) is 0 Å². The van der Waals surface area contributed by atoms with Crippen LogP contribution in [0.1, 0.15) is 26.7 Å². The van der Waals surface area contributed by atoms with Crippen molar-refractivity contribution < 1.29 is 5.11 Å². The van der Waals surface area contributed by atoms with Gasteiger partial charge in [-0.1, -0.05) is 13.3 Å². The van der Waals surface area contributed by atoms with Crippen molar-refractivity contribution in [3.05, 3.63) is 0 Å². The predicted octanol–water partition coefficient (Wildman–Crippen LogP) is 0.631. The normalized spacial score (nSPS) is 12.3. The Hall–Kier alpha value is -0.120. The average molecular weight is 162 g/mol. The first-order chi connectivity index (χ1) is 5.06. The molecule has 0 aromatic rings. The molecule has 0 amide bonds. The second kappa shape index (κ2) is 9.88. The first kappa shape index (κ1) is 13.5. The highest BCUT2D eigenvalue weighted by molar-refractivity contribution is 4.35. The lowest BCUT2D eigenvalue weighted by Crippen LogP contribution is -2.23. The van der Waals surface area contributed by atoms with E-state index in [1.54, 1.807) is 11.8 Å². The maximum absolute atomic E-state index is 8.56. The first-order valence-electron chi connectivity index (χ1n) is 4.10. The molecule has 0 aromatic heterocycles. The lowest BCUT2D eigenvalue weighted by atomic mass is 10.3. The van der Waals surface area contributed by atoms with Gasteiger partial charge in [-0.25, -0.2) is 0 Å². The van der Waals surface area contributed by atoms with Crippen LogP contribution in [0, 0.1) is 0 Å². The van der Waals surface area contributed by atoms with Crippen LogP contribution in [0.3, 0.4) is 0 Å². The first-order valence-corrected chi connectivity index (χ1v) is 4.10. The summed E-state index contributed by atoms with van der Waals surface area (Å²) in [5.74, 6) is 0. The molecule has 0 heterocycles. The molecule has 0 saturated heterocycles. The van der Waals surface area contributed by atoms with E-state index in [0.29, 0.717) is 0 Å². The van der Waals surface area contributed by atoms with Crippen molar-refractivity contribution in [1.82, 2.24) is 4.90 Å². The summed E-state index contributed by atoms with van der Waals surface area (Å²) in [6, 6.07) is 0. The Labute approximate surface area is 70.2 Å². The van der Waals surface area contributed by atoms with E-state index < -0.39 is 0 Å². The van der Waals surface area contributed by atoms with Gasteiger partial charge in [0, 0.05) is 0 Å². The van der Waals surface area contributed by atoms with Gasteiger partial charge in [-0.3, -0.25) is 4.90 Å². The molecule has 11 heavy (non-hydrogen) atoms.